The van der Waals surface area contributed by atoms with Crippen LogP contribution in [0.3, 0.4) is 0 Å². The first kappa shape index (κ1) is 10.9. The zero-order valence-electron chi connectivity index (χ0n) is 8.53. The van der Waals surface area contributed by atoms with Crippen LogP contribution in [0.4, 0.5) is 5.13 Å². The van der Waals surface area contributed by atoms with Gasteiger partial charge < -0.3 is 16.4 Å². The monoisotopic (exact) mass is 240 g/mol. The van der Waals surface area contributed by atoms with Crippen molar-refractivity contribution in [3.63, 3.8) is 0 Å². The fraction of sp³-hybridized carbons (Fsp3) is 0.444. The molecule has 6 nitrogen and oxygen atoms in total. The summed E-state index contributed by atoms with van der Waals surface area (Å²) >= 11 is 1.23. The smallest absolute Gasteiger partial charge is 0.270 e. The van der Waals surface area contributed by atoms with Gasteiger partial charge in [-0.15, -0.1) is 11.3 Å². The summed E-state index contributed by atoms with van der Waals surface area (Å²) in [5, 5.41) is 7.46. The summed E-state index contributed by atoms with van der Waals surface area (Å²) in [6.45, 7) is 0.433. The third-order valence-electron chi connectivity index (χ3n) is 2.35. The lowest BCUT2D eigenvalue weighted by atomic mass is 10.2. The van der Waals surface area contributed by atoms with E-state index < -0.39 is 0 Å². The molecule has 1 fully saturated rings. The Balaban J connectivity index is 1.82. The van der Waals surface area contributed by atoms with Gasteiger partial charge in [-0.25, -0.2) is 4.98 Å². The summed E-state index contributed by atoms with van der Waals surface area (Å²) in [6.07, 6.45) is 1.29. The van der Waals surface area contributed by atoms with Crippen LogP contribution in [0, 0.1) is 0 Å². The van der Waals surface area contributed by atoms with Gasteiger partial charge in [0.2, 0.25) is 5.91 Å². The number of hydrogen-bond acceptors (Lipinski definition) is 5. The lowest BCUT2D eigenvalue weighted by molar-refractivity contribution is -0.119. The molecule has 0 bridgehead atoms. The fourth-order valence-corrected chi connectivity index (χ4v) is 2.07. The van der Waals surface area contributed by atoms with Gasteiger partial charge in [0.1, 0.15) is 5.69 Å². The Morgan fingerprint density at radius 2 is 2.56 bits per heavy atom. The topological polar surface area (TPSA) is 97.1 Å². The van der Waals surface area contributed by atoms with E-state index in [1.807, 2.05) is 0 Å². The quantitative estimate of drug-likeness (QED) is 0.677. The third-order valence-corrected chi connectivity index (χ3v) is 3.02. The zero-order chi connectivity index (χ0) is 11.5. The summed E-state index contributed by atoms with van der Waals surface area (Å²) in [4.78, 5) is 26.3. The first-order chi connectivity index (χ1) is 7.65. The van der Waals surface area contributed by atoms with Crippen molar-refractivity contribution in [3.8, 4) is 0 Å². The molecule has 86 valence electrons. The molecule has 1 aliphatic heterocycles. The third kappa shape index (κ3) is 2.48. The van der Waals surface area contributed by atoms with Gasteiger partial charge in [0.05, 0.1) is 0 Å². The SMILES string of the molecule is Nc1nc(C(=O)NCC2CCC(=O)N2)cs1. The molecule has 4 N–H and O–H groups in total. The zero-order valence-corrected chi connectivity index (χ0v) is 9.34. The number of nitrogens with two attached hydrogens (primary N) is 1. The van der Waals surface area contributed by atoms with Gasteiger partial charge in [-0.2, -0.15) is 0 Å². The van der Waals surface area contributed by atoms with Gasteiger partial charge in [-0.3, -0.25) is 9.59 Å². The molecule has 16 heavy (non-hydrogen) atoms. The van der Waals surface area contributed by atoms with Crippen molar-refractivity contribution in [2.45, 2.75) is 18.9 Å². The summed E-state index contributed by atoms with van der Waals surface area (Å²) in [7, 11) is 0. The number of thiazole rings is 1. The molecule has 2 rings (SSSR count). The summed E-state index contributed by atoms with van der Waals surface area (Å²) in [6, 6.07) is 0.0347. The minimum absolute atomic E-state index is 0.0347. The molecule has 1 unspecified atom stereocenters. The van der Waals surface area contributed by atoms with Crippen LogP contribution in [0.25, 0.3) is 0 Å². The molecule has 0 spiro atoms. The molecule has 1 aromatic heterocycles. The fourth-order valence-electron chi connectivity index (χ4n) is 1.53. The maximum absolute atomic E-state index is 11.6. The second-order valence-corrected chi connectivity index (χ2v) is 4.47. The molecule has 1 aromatic rings. The average molecular weight is 240 g/mol. The normalized spacial score (nSPS) is 19.5. The second kappa shape index (κ2) is 4.48. The van der Waals surface area contributed by atoms with Crippen LogP contribution in [0.15, 0.2) is 5.38 Å². The second-order valence-electron chi connectivity index (χ2n) is 3.58. The highest BCUT2D eigenvalue weighted by Crippen LogP contribution is 2.11. The number of aromatic nitrogens is 1. The Morgan fingerprint density at radius 1 is 1.75 bits per heavy atom. The molecular formula is C9H12N4O2S. The van der Waals surface area contributed by atoms with E-state index in [1.54, 1.807) is 5.38 Å². The van der Waals surface area contributed by atoms with Crippen molar-refractivity contribution >= 4 is 28.3 Å². The Labute approximate surface area is 96.2 Å². The van der Waals surface area contributed by atoms with Crippen molar-refractivity contribution < 1.29 is 9.59 Å². The van der Waals surface area contributed by atoms with Crippen LogP contribution < -0.4 is 16.4 Å². The number of amides is 2. The van der Waals surface area contributed by atoms with Crippen molar-refractivity contribution in [1.82, 2.24) is 15.6 Å². The number of carbonyl (C=O) groups is 2. The minimum atomic E-state index is -0.255. The molecule has 0 radical (unpaired) electrons. The van der Waals surface area contributed by atoms with E-state index in [0.717, 1.165) is 6.42 Å². The molecule has 2 amide bonds. The predicted octanol–water partition coefficient (Wildman–Crippen LogP) is -0.266. The molecule has 1 atom stereocenters. The van der Waals surface area contributed by atoms with E-state index in [9.17, 15) is 9.59 Å². The number of hydrogen-bond donors (Lipinski definition) is 3. The van der Waals surface area contributed by atoms with Crippen molar-refractivity contribution in [3.05, 3.63) is 11.1 Å². The van der Waals surface area contributed by atoms with Crippen LogP contribution in [0.5, 0.6) is 0 Å². The van der Waals surface area contributed by atoms with Crippen molar-refractivity contribution in [2.24, 2.45) is 0 Å². The average Bonchev–Trinajstić information content (AvgIpc) is 2.84. The lowest BCUT2D eigenvalue weighted by Crippen LogP contribution is -2.38. The van der Waals surface area contributed by atoms with Gasteiger partial charge in [-0.05, 0) is 6.42 Å². The predicted molar refractivity (Wildman–Crippen MR) is 60.0 cm³/mol. The van der Waals surface area contributed by atoms with E-state index in [1.165, 1.54) is 11.3 Å². The van der Waals surface area contributed by atoms with Crippen LogP contribution in [0.1, 0.15) is 23.3 Å². The first-order valence-corrected chi connectivity index (χ1v) is 5.81. The highest BCUT2D eigenvalue weighted by Gasteiger charge is 2.21. The van der Waals surface area contributed by atoms with E-state index in [2.05, 4.69) is 15.6 Å². The number of nitrogens with zero attached hydrogens (tertiary/aromatic N) is 1. The number of nitrogen functional groups attached to an aromatic ring is 1. The Morgan fingerprint density at radius 3 is 3.12 bits per heavy atom. The molecule has 1 saturated heterocycles. The molecule has 7 heteroatoms. The Bertz CT molecular complexity index is 417. The highest BCUT2D eigenvalue weighted by molar-refractivity contribution is 7.13. The number of rotatable bonds is 3. The lowest BCUT2D eigenvalue weighted by Gasteiger charge is -2.09. The van der Waals surface area contributed by atoms with Crippen LogP contribution in [-0.4, -0.2) is 29.4 Å². The maximum Gasteiger partial charge on any atom is 0.270 e. The molecule has 0 saturated carbocycles. The Kier molecular flexibility index (Phi) is 3.04. The summed E-state index contributed by atoms with van der Waals surface area (Å²) < 4.78 is 0. The maximum atomic E-state index is 11.6. The standard InChI is InChI=1S/C9H12N4O2S/c10-9-13-6(4-16-9)8(15)11-3-5-1-2-7(14)12-5/h4-5H,1-3H2,(H2,10,13)(H,11,15)(H,12,14). The van der Waals surface area contributed by atoms with Gasteiger partial charge in [-0.1, -0.05) is 0 Å². The van der Waals surface area contributed by atoms with E-state index >= 15 is 0 Å². The molecule has 0 aromatic carbocycles. The van der Waals surface area contributed by atoms with Gasteiger partial charge in [0.15, 0.2) is 5.13 Å². The van der Waals surface area contributed by atoms with Crippen LogP contribution in [-0.2, 0) is 4.79 Å². The largest absolute Gasteiger partial charge is 0.375 e. The van der Waals surface area contributed by atoms with Gasteiger partial charge >= 0.3 is 0 Å². The van der Waals surface area contributed by atoms with Crippen LogP contribution in [0.2, 0.25) is 0 Å². The van der Waals surface area contributed by atoms with E-state index in [0.29, 0.717) is 23.8 Å². The number of nitrogens with one attached hydrogen (secondary N) is 2. The summed E-state index contributed by atoms with van der Waals surface area (Å²) in [5.41, 5.74) is 5.75. The van der Waals surface area contributed by atoms with Gasteiger partial charge in [0.25, 0.3) is 5.91 Å². The number of anilines is 1. The first-order valence-electron chi connectivity index (χ1n) is 4.93. The number of carbonyl (C=O) groups excluding carboxylic acids is 2. The van der Waals surface area contributed by atoms with Gasteiger partial charge in [0, 0.05) is 24.4 Å². The van der Waals surface area contributed by atoms with Crippen LogP contribution >= 0.6 is 11.3 Å². The molecular weight excluding hydrogens is 228 g/mol. The molecule has 0 aliphatic carbocycles. The highest BCUT2D eigenvalue weighted by atomic mass is 32.1. The summed E-state index contributed by atoms with van der Waals surface area (Å²) in [5.74, 6) is -0.216. The molecule has 1 aliphatic rings. The Hall–Kier alpha value is -1.63. The van der Waals surface area contributed by atoms with Crippen molar-refractivity contribution in [2.75, 3.05) is 12.3 Å². The van der Waals surface area contributed by atoms with E-state index in [-0.39, 0.29) is 17.9 Å². The minimum Gasteiger partial charge on any atom is -0.375 e. The van der Waals surface area contributed by atoms with E-state index in [4.69, 9.17) is 5.73 Å². The molecule has 2 heterocycles. The van der Waals surface area contributed by atoms with Crippen molar-refractivity contribution in [1.29, 1.82) is 0 Å².